The summed E-state index contributed by atoms with van der Waals surface area (Å²) in [5.74, 6) is 1.11. The maximum atomic E-state index is 14.6. The number of aromatic nitrogens is 4. The Labute approximate surface area is 288 Å². The third kappa shape index (κ3) is 12.2. The summed E-state index contributed by atoms with van der Waals surface area (Å²) >= 11 is 0. The van der Waals surface area contributed by atoms with Gasteiger partial charge in [0, 0.05) is 18.8 Å². The number of rotatable bonds is 22. The Balaban J connectivity index is 1.63. The summed E-state index contributed by atoms with van der Waals surface area (Å²) in [4.78, 5) is 49.6. The molecule has 1 aliphatic rings. The van der Waals surface area contributed by atoms with E-state index in [2.05, 4.69) is 40.0 Å². The van der Waals surface area contributed by atoms with E-state index in [9.17, 15) is 23.9 Å². The number of unbranched alkanes of at least 4 members (excludes halogenated alkanes) is 10. The van der Waals surface area contributed by atoms with Crippen LogP contribution < -0.4 is 5.32 Å². The van der Waals surface area contributed by atoms with Crippen LogP contribution in [0.2, 0.25) is 0 Å². The van der Waals surface area contributed by atoms with E-state index < -0.39 is 48.6 Å². The van der Waals surface area contributed by atoms with Gasteiger partial charge < -0.3 is 24.1 Å². The number of carbonyl (C=O) groups excluding carboxylic acids is 3. The fourth-order valence-electron chi connectivity index (χ4n) is 5.68. The lowest BCUT2D eigenvalue weighted by Gasteiger charge is -2.24. The number of nitrogens with zero attached hydrogens (tertiary/aromatic N) is 4. The van der Waals surface area contributed by atoms with E-state index in [0.717, 1.165) is 64.2 Å². The average molecular weight is 690 g/mol. The maximum absolute atomic E-state index is 14.6. The summed E-state index contributed by atoms with van der Waals surface area (Å²) < 4.78 is 38.2. The second-order valence-corrected chi connectivity index (χ2v) is 12.6. The van der Waals surface area contributed by atoms with E-state index in [-0.39, 0.29) is 49.0 Å². The number of hydrogen-bond acceptors (Lipinski definition) is 11. The average Bonchev–Trinajstić information content (AvgIpc) is 3.66. The number of esters is 2. The number of nitrogens with one attached hydrogen (secondary N) is 1. The van der Waals surface area contributed by atoms with E-state index in [1.165, 1.54) is 10.9 Å². The second kappa shape index (κ2) is 20.6. The molecule has 3 heterocycles. The van der Waals surface area contributed by atoms with Gasteiger partial charge in [-0.15, -0.1) is 6.42 Å². The third-order valence-corrected chi connectivity index (χ3v) is 8.70. The van der Waals surface area contributed by atoms with Crippen LogP contribution in [0.25, 0.3) is 11.2 Å². The minimum Gasteiger partial charge on any atom is -0.462 e. The number of terminal acetylenes is 1. The summed E-state index contributed by atoms with van der Waals surface area (Å²) in [5, 5.41) is 12.2. The van der Waals surface area contributed by atoms with Gasteiger partial charge in [0.1, 0.15) is 19.4 Å². The second-order valence-electron chi connectivity index (χ2n) is 12.6. The van der Waals surface area contributed by atoms with Gasteiger partial charge in [-0.25, -0.2) is 9.78 Å². The lowest BCUT2D eigenvalue weighted by atomic mass is 9.90. The number of halogens is 1. The number of anilines is 1. The van der Waals surface area contributed by atoms with Crippen LogP contribution in [-0.4, -0.2) is 74.2 Å². The fourth-order valence-corrected chi connectivity index (χ4v) is 5.68. The van der Waals surface area contributed by atoms with Crippen LogP contribution in [-0.2, 0) is 28.5 Å². The lowest BCUT2D eigenvalue weighted by Crippen LogP contribution is -2.36. The highest BCUT2D eigenvalue weighted by atomic mass is 19.1. The summed E-state index contributed by atoms with van der Waals surface area (Å²) in [7, 11) is 0. The first-order chi connectivity index (χ1) is 23.7. The van der Waals surface area contributed by atoms with Crippen molar-refractivity contribution in [2.45, 2.75) is 135 Å². The molecular formula is C35H52FN5O8. The number of ether oxygens (including phenoxy) is 4. The Morgan fingerprint density at radius 3 is 2.12 bits per heavy atom. The van der Waals surface area contributed by atoms with Crippen molar-refractivity contribution in [1.29, 1.82) is 0 Å². The van der Waals surface area contributed by atoms with E-state index >= 15 is 0 Å². The number of carbonyl (C=O) groups is 3. The Kier molecular flexibility index (Phi) is 16.7. The molecule has 0 spiro atoms. The molecule has 2 N–H and O–H groups in total. The molecule has 0 unspecified atom stereocenters. The van der Waals surface area contributed by atoms with E-state index in [0.29, 0.717) is 19.3 Å². The normalized spacial score (nSPS) is 18.8. The number of amides is 1. The Bertz CT molecular complexity index is 1370. The van der Waals surface area contributed by atoms with Crippen LogP contribution in [0.3, 0.4) is 0 Å². The van der Waals surface area contributed by atoms with Crippen LogP contribution in [0.1, 0.15) is 123 Å². The van der Waals surface area contributed by atoms with Gasteiger partial charge in [0.05, 0.1) is 12.9 Å². The molecule has 1 amide bonds. The van der Waals surface area contributed by atoms with Crippen LogP contribution in [0.5, 0.6) is 0 Å². The molecule has 2 aromatic rings. The smallest absolute Gasteiger partial charge is 0.413 e. The Morgan fingerprint density at radius 1 is 1.02 bits per heavy atom. The van der Waals surface area contributed by atoms with Crippen molar-refractivity contribution in [2.24, 2.45) is 5.92 Å². The molecule has 1 saturated heterocycles. The Hall–Kier alpha value is -3.83. The summed E-state index contributed by atoms with van der Waals surface area (Å²) in [6, 6.07) is 0. The highest BCUT2D eigenvalue weighted by Gasteiger charge is 2.46. The van der Waals surface area contributed by atoms with Gasteiger partial charge in [-0.1, -0.05) is 90.9 Å². The first-order valence-electron chi connectivity index (χ1n) is 17.6. The molecule has 2 aromatic heterocycles. The highest BCUT2D eigenvalue weighted by molar-refractivity contribution is 5.93. The molecule has 14 heteroatoms. The van der Waals surface area contributed by atoms with Crippen LogP contribution in [0.15, 0.2) is 6.33 Å². The SMILES string of the molecule is C#C[C@]1(CO)O[C@@H](n2cnc3c(NC(=O)OC(COC(=O)CCCCCCCC)COC(=O)CCCCCCCC)nc(F)nc32)C[C@@H]1C. The molecule has 0 radical (unpaired) electrons. The molecule has 0 aliphatic carbocycles. The van der Waals surface area contributed by atoms with Gasteiger partial charge in [-0.05, 0) is 19.3 Å². The first kappa shape index (κ1) is 39.6. The van der Waals surface area contributed by atoms with Crippen molar-refractivity contribution in [3.8, 4) is 12.3 Å². The molecule has 3 rings (SSSR count). The Morgan fingerprint density at radius 2 is 1.59 bits per heavy atom. The van der Waals surface area contributed by atoms with E-state index in [1.54, 1.807) is 0 Å². The summed E-state index contributed by atoms with van der Waals surface area (Å²) in [5.41, 5.74) is -1.15. The van der Waals surface area contributed by atoms with Gasteiger partial charge in [-0.2, -0.15) is 14.4 Å². The minimum atomic E-state index is -1.22. The first-order valence-corrected chi connectivity index (χ1v) is 17.6. The molecule has 1 aliphatic heterocycles. The summed E-state index contributed by atoms with van der Waals surface area (Å²) in [6.07, 6.45) is 15.8. The largest absolute Gasteiger partial charge is 0.462 e. The predicted octanol–water partition coefficient (Wildman–Crippen LogP) is 6.39. The fraction of sp³-hybridized carbons (Fsp3) is 0.714. The van der Waals surface area contributed by atoms with Crippen molar-refractivity contribution in [3.63, 3.8) is 0 Å². The molecule has 0 saturated carbocycles. The number of aliphatic hydroxyl groups excluding tert-OH is 1. The molecule has 1 fully saturated rings. The molecule has 272 valence electrons. The van der Waals surface area contributed by atoms with Crippen LogP contribution in [0, 0.1) is 24.3 Å². The standard InChI is InChI=1S/C35H52FN5O8/c1-5-8-10-12-14-16-18-28(43)46-21-26(22-47-29(44)19-17-15-13-11-9-6-2)48-34(45)39-31-30-32(40-33(36)38-31)41(24-37-30)27-20-25(4)35(7-3,23-42)49-27/h3,24-27,42H,5-6,8-23H2,1-2,4H3,(H,38,39,40,45)/t25-,27+,35+/m0/s1. The number of aliphatic hydroxyl groups is 1. The van der Waals surface area contributed by atoms with Crippen LogP contribution in [0.4, 0.5) is 15.0 Å². The topological polar surface area (TPSA) is 164 Å². The maximum Gasteiger partial charge on any atom is 0.413 e. The van der Waals surface area contributed by atoms with Crippen molar-refractivity contribution in [2.75, 3.05) is 25.1 Å². The van der Waals surface area contributed by atoms with Gasteiger partial charge in [-0.3, -0.25) is 19.5 Å². The molecule has 0 aromatic carbocycles. The van der Waals surface area contributed by atoms with Gasteiger partial charge >= 0.3 is 24.1 Å². The lowest BCUT2D eigenvalue weighted by molar-refractivity contribution is -0.152. The summed E-state index contributed by atoms with van der Waals surface area (Å²) in [6.45, 7) is 5.03. The van der Waals surface area contributed by atoms with Crippen molar-refractivity contribution < 1.29 is 42.8 Å². The monoisotopic (exact) mass is 689 g/mol. The van der Waals surface area contributed by atoms with Gasteiger partial charge in [0.25, 0.3) is 0 Å². The van der Waals surface area contributed by atoms with Crippen molar-refractivity contribution in [3.05, 3.63) is 12.4 Å². The molecule has 0 bridgehead atoms. The number of imidazole rings is 1. The van der Waals surface area contributed by atoms with Crippen molar-refractivity contribution >= 4 is 35.0 Å². The third-order valence-electron chi connectivity index (χ3n) is 8.70. The molecular weight excluding hydrogens is 637 g/mol. The predicted molar refractivity (Wildman–Crippen MR) is 180 cm³/mol. The molecule has 13 nitrogen and oxygen atoms in total. The van der Waals surface area contributed by atoms with E-state index in [1.807, 2.05) is 6.92 Å². The quantitative estimate of drug-likeness (QED) is 0.0463. The van der Waals surface area contributed by atoms with E-state index in [4.69, 9.17) is 25.4 Å². The van der Waals surface area contributed by atoms with Gasteiger partial charge in [0.15, 0.2) is 28.7 Å². The van der Waals surface area contributed by atoms with Crippen molar-refractivity contribution in [1.82, 2.24) is 19.5 Å². The minimum absolute atomic E-state index is 0.0227. The van der Waals surface area contributed by atoms with Crippen LogP contribution >= 0.6 is 0 Å². The number of hydrogen-bond donors (Lipinski definition) is 2. The van der Waals surface area contributed by atoms with Gasteiger partial charge in [0.2, 0.25) is 0 Å². The zero-order valence-corrected chi connectivity index (χ0v) is 29.1. The molecule has 3 atom stereocenters. The zero-order valence-electron chi connectivity index (χ0n) is 29.1. The highest BCUT2D eigenvalue weighted by Crippen LogP contribution is 2.41. The zero-order chi connectivity index (χ0) is 35.6. The molecule has 49 heavy (non-hydrogen) atoms. The number of fused-ring (bicyclic) bond motifs is 1.